The second kappa shape index (κ2) is 6.97. The molecule has 0 spiro atoms. The van der Waals surface area contributed by atoms with E-state index in [-0.39, 0.29) is 0 Å². The number of hydrogen-bond acceptors (Lipinski definition) is 2. The van der Waals surface area contributed by atoms with Gasteiger partial charge in [-0.25, -0.2) is 4.79 Å². The Morgan fingerprint density at radius 3 is 1.33 bits per heavy atom. The molecule has 3 aromatic carbocycles. The van der Waals surface area contributed by atoms with Crippen molar-refractivity contribution in [1.29, 1.82) is 0 Å². The first-order valence-electron chi connectivity index (χ1n) is 7.79. The van der Waals surface area contributed by atoms with E-state index in [0.717, 1.165) is 16.7 Å². The predicted molar refractivity (Wildman–Crippen MR) is 95.5 cm³/mol. The summed E-state index contributed by atoms with van der Waals surface area (Å²) in [6, 6.07) is 29.3. The fourth-order valence-electron chi connectivity index (χ4n) is 2.89. The van der Waals surface area contributed by atoms with E-state index in [0.29, 0.717) is 0 Å². The van der Waals surface area contributed by atoms with Crippen LogP contribution in [0.5, 0.6) is 0 Å². The Morgan fingerprint density at radius 2 is 1.04 bits per heavy atom. The maximum Gasteiger partial charge on any atom is 0.331 e. The van der Waals surface area contributed by atoms with Crippen LogP contribution in [0.4, 0.5) is 0 Å². The van der Waals surface area contributed by atoms with Crippen LogP contribution in [0.25, 0.3) is 0 Å². The zero-order valence-electron chi connectivity index (χ0n) is 13.3. The van der Waals surface area contributed by atoms with Gasteiger partial charge in [-0.2, -0.15) is 0 Å². The van der Waals surface area contributed by atoms with Crippen molar-refractivity contribution >= 4 is 5.97 Å². The number of hydrogen-bond donors (Lipinski definition) is 0. The number of carbonyl (C=O) groups is 1. The molecule has 3 aromatic rings. The highest BCUT2D eigenvalue weighted by Crippen LogP contribution is 2.40. The first-order valence-corrected chi connectivity index (χ1v) is 7.79. The lowest BCUT2D eigenvalue weighted by Gasteiger charge is -2.34. The van der Waals surface area contributed by atoms with Crippen molar-refractivity contribution < 1.29 is 9.53 Å². The number of rotatable bonds is 5. The summed E-state index contributed by atoms with van der Waals surface area (Å²) in [7, 11) is 0. The number of carbonyl (C=O) groups excluding carboxylic acids is 1. The van der Waals surface area contributed by atoms with Gasteiger partial charge >= 0.3 is 5.97 Å². The molecule has 0 heterocycles. The molecule has 0 aliphatic carbocycles. The monoisotopic (exact) mass is 314 g/mol. The minimum absolute atomic E-state index is 0.466. The summed E-state index contributed by atoms with van der Waals surface area (Å²) in [5.74, 6) is -0.466. The van der Waals surface area contributed by atoms with Gasteiger partial charge in [-0.15, -0.1) is 0 Å². The Kier molecular flexibility index (Phi) is 4.57. The van der Waals surface area contributed by atoms with Crippen molar-refractivity contribution in [2.24, 2.45) is 0 Å². The predicted octanol–water partition coefficient (Wildman–Crippen LogP) is 4.71. The van der Waals surface area contributed by atoms with Gasteiger partial charge < -0.3 is 4.74 Å². The molecule has 0 radical (unpaired) electrons. The third-order valence-corrected chi connectivity index (χ3v) is 3.96. The van der Waals surface area contributed by atoms with E-state index in [4.69, 9.17) is 4.74 Å². The molecule has 0 atom stereocenters. The van der Waals surface area contributed by atoms with Crippen molar-refractivity contribution in [2.75, 3.05) is 0 Å². The first-order chi connectivity index (χ1) is 11.8. The first kappa shape index (κ1) is 15.8. The van der Waals surface area contributed by atoms with E-state index >= 15 is 0 Å². The van der Waals surface area contributed by atoms with Crippen LogP contribution in [-0.4, -0.2) is 5.97 Å². The minimum Gasteiger partial charge on any atom is -0.441 e. The number of benzene rings is 3. The van der Waals surface area contributed by atoms with Crippen LogP contribution in [0.2, 0.25) is 0 Å². The van der Waals surface area contributed by atoms with Gasteiger partial charge in [-0.3, -0.25) is 0 Å². The normalized spacial score (nSPS) is 10.8. The Bertz CT molecular complexity index is 712. The van der Waals surface area contributed by atoms with Crippen molar-refractivity contribution in [1.82, 2.24) is 0 Å². The summed E-state index contributed by atoms with van der Waals surface area (Å²) >= 11 is 0. The Hall–Kier alpha value is -3.13. The summed E-state index contributed by atoms with van der Waals surface area (Å²) < 4.78 is 5.99. The topological polar surface area (TPSA) is 26.3 Å². The molecular formula is C22H18O2. The lowest BCUT2D eigenvalue weighted by molar-refractivity contribution is -0.147. The molecule has 3 rings (SSSR count). The smallest absolute Gasteiger partial charge is 0.331 e. The van der Waals surface area contributed by atoms with Gasteiger partial charge in [0.2, 0.25) is 0 Å². The van der Waals surface area contributed by atoms with Gasteiger partial charge in [0, 0.05) is 22.8 Å². The van der Waals surface area contributed by atoms with Crippen molar-refractivity contribution in [3.8, 4) is 0 Å². The molecule has 2 nitrogen and oxygen atoms in total. The average Bonchev–Trinajstić information content (AvgIpc) is 2.68. The molecule has 0 amide bonds. The maximum atomic E-state index is 12.2. The molecule has 0 aliphatic heterocycles. The van der Waals surface area contributed by atoms with Crippen LogP contribution in [0.15, 0.2) is 104 Å². The molecule has 0 saturated carbocycles. The SMILES string of the molecule is C=CC(=O)OC(c1ccccc1)(c1ccccc1)c1ccccc1. The second-order valence-corrected chi connectivity index (χ2v) is 5.40. The largest absolute Gasteiger partial charge is 0.441 e. The molecule has 0 unspecified atom stereocenters. The van der Waals surface area contributed by atoms with Crippen LogP contribution in [0.1, 0.15) is 16.7 Å². The molecule has 0 saturated heterocycles. The highest BCUT2D eigenvalue weighted by molar-refractivity contribution is 5.82. The van der Waals surface area contributed by atoms with E-state index in [2.05, 4.69) is 6.58 Å². The number of ether oxygens (including phenoxy) is 1. The van der Waals surface area contributed by atoms with Gasteiger partial charge in [-0.1, -0.05) is 97.6 Å². The van der Waals surface area contributed by atoms with Crippen molar-refractivity contribution in [2.45, 2.75) is 5.60 Å². The van der Waals surface area contributed by atoms with Crippen LogP contribution < -0.4 is 0 Å². The fourth-order valence-corrected chi connectivity index (χ4v) is 2.89. The third kappa shape index (κ3) is 2.86. The number of esters is 1. The lowest BCUT2D eigenvalue weighted by Crippen LogP contribution is -2.34. The van der Waals surface area contributed by atoms with Gasteiger partial charge in [-0.05, 0) is 0 Å². The summed E-state index contributed by atoms with van der Waals surface area (Å²) in [5, 5.41) is 0. The molecule has 2 heteroatoms. The maximum absolute atomic E-state index is 12.2. The average molecular weight is 314 g/mol. The molecule has 0 fully saturated rings. The van der Waals surface area contributed by atoms with E-state index in [9.17, 15) is 4.79 Å². The quantitative estimate of drug-likeness (QED) is 0.387. The van der Waals surface area contributed by atoms with E-state index in [1.165, 1.54) is 6.08 Å². The summed E-state index contributed by atoms with van der Waals surface area (Å²) in [4.78, 5) is 12.2. The lowest BCUT2D eigenvalue weighted by atomic mass is 9.80. The third-order valence-electron chi connectivity index (χ3n) is 3.96. The molecular weight excluding hydrogens is 296 g/mol. The van der Waals surface area contributed by atoms with E-state index in [1.54, 1.807) is 0 Å². The van der Waals surface area contributed by atoms with Gasteiger partial charge in [0.25, 0.3) is 0 Å². The Morgan fingerprint density at radius 1 is 0.708 bits per heavy atom. The van der Waals surface area contributed by atoms with Crippen LogP contribution in [0.3, 0.4) is 0 Å². The molecule has 0 aliphatic rings. The van der Waals surface area contributed by atoms with Crippen LogP contribution in [0, 0.1) is 0 Å². The highest BCUT2D eigenvalue weighted by Gasteiger charge is 2.39. The Labute approximate surface area is 142 Å². The van der Waals surface area contributed by atoms with Crippen LogP contribution in [-0.2, 0) is 15.1 Å². The summed E-state index contributed by atoms with van der Waals surface area (Å²) in [5.41, 5.74) is 1.64. The fraction of sp³-hybridized carbons (Fsp3) is 0.0455. The standard InChI is InChI=1S/C22H18O2/c1-2-21(23)24-22(18-12-6-3-7-13-18,19-14-8-4-9-15-19)20-16-10-5-11-17-20/h2-17H,1H2. The second-order valence-electron chi connectivity index (χ2n) is 5.40. The Balaban J connectivity index is 2.32. The zero-order chi connectivity index (χ0) is 16.8. The van der Waals surface area contributed by atoms with Crippen LogP contribution >= 0.6 is 0 Å². The molecule has 0 aromatic heterocycles. The van der Waals surface area contributed by atoms with E-state index < -0.39 is 11.6 Å². The zero-order valence-corrected chi connectivity index (χ0v) is 13.3. The summed E-state index contributed by atoms with van der Waals surface area (Å²) in [6.45, 7) is 3.55. The highest BCUT2D eigenvalue weighted by atomic mass is 16.6. The van der Waals surface area contributed by atoms with Gasteiger partial charge in [0.05, 0.1) is 0 Å². The molecule has 118 valence electrons. The van der Waals surface area contributed by atoms with Gasteiger partial charge in [0.15, 0.2) is 5.60 Å². The molecule has 0 N–H and O–H groups in total. The van der Waals surface area contributed by atoms with E-state index in [1.807, 2.05) is 91.0 Å². The molecule has 24 heavy (non-hydrogen) atoms. The van der Waals surface area contributed by atoms with Crippen molar-refractivity contribution in [3.63, 3.8) is 0 Å². The molecule has 0 bridgehead atoms. The van der Waals surface area contributed by atoms with Crippen molar-refractivity contribution in [3.05, 3.63) is 120 Å². The summed E-state index contributed by atoms with van der Waals surface area (Å²) in [6.07, 6.45) is 1.20. The minimum atomic E-state index is -1.02. The van der Waals surface area contributed by atoms with Gasteiger partial charge in [0.1, 0.15) is 0 Å².